The van der Waals surface area contributed by atoms with Gasteiger partial charge in [-0.05, 0) is 73.2 Å². The first-order valence-electron chi connectivity index (χ1n) is 11.4. The van der Waals surface area contributed by atoms with Crippen molar-refractivity contribution < 1.29 is 23.9 Å². The minimum absolute atomic E-state index is 0.151. The van der Waals surface area contributed by atoms with Crippen molar-refractivity contribution in [2.75, 3.05) is 24.5 Å². The van der Waals surface area contributed by atoms with Crippen LogP contribution < -0.4 is 25.5 Å². The molecule has 0 bridgehead atoms. The minimum Gasteiger partial charge on any atom is -0.497 e. The van der Waals surface area contributed by atoms with E-state index in [4.69, 9.17) is 9.47 Å². The molecule has 0 radical (unpaired) electrons. The SMILES string of the molecule is CCOc1ccc(NC(=O)c2cc3cc(Br)ccc3n2NC(=O)C(=O)NCc2ccc(OC)cc2)cc1. The maximum Gasteiger partial charge on any atom is 0.328 e. The number of methoxy groups -OCH3 is 1. The third-order valence-electron chi connectivity index (χ3n) is 5.45. The Kier molecular flexibility index (Phi) is 8.09. The molecule has 1 aromatic heterocycles. The van der Waals surface area contributed by atoms with Crippen LogP contribution in [0.1, 0.15) is 23.0 Å². The van der Waals surface area contributed by atoms with Gasteiger partial charge in [-0.25, -0.2) is 4.68 Å². The Morgan fingerprint density at radius 2 is 1.59 bits per heavy atom. The lowest BCUT2D eigenvalue weighted by atomic mass is 10.2. The van der Waals surface area contributed by atoms with E-state index in [1.165, 1.54) is 4.68 Å². The highest BCUT2D eigenvalue weighted by Gasteiger charge is 2.21. The number of ether oxygens (including phenoxy) is 2. The zero-order valence-electron chi connectivity index (χ0n) is 20.2. The molecule has 37 heavy (non-hydrogen) atoms. The van der Waals surface area contributed by atoms with Crippen molar-refractivity contribution >= 4 is 50.2 Å². The van der Waals surface area contributed by atoms with Crippen molar-refractivity contribution in [3.05, 3.63) is 88.5 Å². The standard InChI is InChI=1S/C27H25BrN4O5/c1-3-37-22-11-7-20(8-12-22)30-25(33)24-15-18-14-19(28)6-13-23(18)32(24)31-27(35)26(34)29-16-17-4-9-21(36-2)10-5-17/h4-15H,3,16H2,1-2H3,(H,29,34)(H,30,33)(H,31,35). The lowest BCUT2D eigenvalue weighted by molar-refractivity contribution is -0.136. The quantitative estimate of drug-likeness (QED) is 0.274. The molecule has 0 saturated carbocycles. The number of anilines is 1. The fourth-order valence-electron chi connectivity index (χ4n) is 3.63. The van der Waals surface area contributed by atoms with Crippen LogP contribution in [0.25, 0.3) is 10.9 Å². The average molecular weight is 565 g/mol. The fraction of sp³-hybridized carbons (Fsp3) is 0.148. The number of carbonyl (C=O) groups excluding carboxylic acids is 3. The Hall–Kier alpha value is -4.31. The summed E-state index contributed by atoms with van der Waals surface area (Å²) in [7, 11) is 1.57. The molecule has 0 fully saturated rings. The summed E-state index contributed by atoms with van der Waals surface area (Å²) in [5.41, 5.74) is 4.60. The second-order valence-corrected chi connectivity index (χ2v) is 8.87. The van der Waals surface area contributed by atoms with Crippen LogP contribution in [0.15, 0.2) is 77.3 Å². The smallest absolute Gasteiger partial charge is 0.328 e. The number of fused-ring (bicyclic) bond motifs is 1. The molecule has 3 N–H and O–H groups in total. The molecular weight excluding hydrogens is 540 g/mol. The number of hydrogen-bond donors (Lipinski definition) is 3. The molecule has 9 nitrogen and oxygen atoms in total. The summed E-state index contributed by atoms with van der Waals surface area (Å²) in [6.07, 6.45) is 0. The molecule has 0 unspecified atom stereocenters. The number of carbonyl (C=O) groups is 3. The summed E-state index contributed by atoms with van der Waals surface area (Å²) < 4.78 is 12.7. The van der Waals surface area contributed by atoms with Gasteiger partial charge in [-0.1, -0.05) is 28.1 Å². The summed E-state index contributed by atoms with van der Waals surface area (Å²) in [4.78, 5) is 38.5. The van der Waals surface area contributed by atoms with E-state index in [2.05, 4.69) is 32.0 Å². The summed E-state index contributed by atoms with van der Waals surface area (Å²) in [5, 5.41) is 6.10. The number of amides is 3. The molecule has 0 spiro atoms. The van der Waals surface area contributed by atoms with Crippen LogP contribution >= 0.6 is 15.9 Å². The molecular formula is C27H25BrN4O5. The molecule has 3 aromatic carbocycles. The maximum absolute atomic E-state index is 13.2. The zero-order valence-corrected chi connectivity index (χ0v) is 21.8. The first-order chi connectivity index (χ1) is 17.9. The highest BCUT2D eigenvalue weighted by Crippen LogP contribution is 2.24. The molecule has 1 heterocycles. The van der Waals surface area contributed by atoms with Gasteiger partial charge in [0.05, 0.1) is 19.2 Å². The molecule has 0 saturated heterocycles. The maximum atomic E-state index is 13.2. The van der Waals surface area contributed by atoms with Crippen LogP contribution in [0.3, 0.4) is 0 Å². The molecule has 0 aliphatic heterocycles. The Morgan fingerprint density at radius 1 is 0.892 bits per heavy atom. The predicted molar refractivity (Wildman–Crippen MR) is 144 cm³/mol. The highest BCUT2D eigenvalue weighted by atomic mass is 79.9. The second-order valence-electron chi connectivity index (χ2n) is 7.95. The van der Waals surface area contributed by atoms with Gasteiger partial charge in [-0.2, -0.15) is 0 Å². The third-order valence-corrected chi connectivity index (χ3v) is 5.94. The van der Waals surface area contributed by atoms with E-state index in [1.807, 2.05) is 13.0 Å². The monoisotopic (exact) mass is 564 g/mol. The van der Waals surface area contributed by atoms with Crippen molar-refractivity contribution in [2.24, 2.45) is 0 Å². The number of hydrogen-bond acceptors (Lipinski definition) is 5. The van der Waals surface area contributed by atoms with Crippen molar-refractivity contribution in [3.63, 3.8) is 0 Å². The Bertz CT molecular complexity index is 1430. The normalized spacial score (nSPS) is 10.6. The number of nitrogens with zero attached hydrogens (tertiary/aromatic N) is 1. The fourth-order valence-corrected chi connectivity index (χ4v) is 4.01. The first kappa shape index (κ1) is 25.8. The zero-order chi connectivity index (χ0) is 26.4. The molecule has 0 aliphatic rings. The van der Waals surface area contributed by atoms with Crippen LogP contribution in [-0.4, -0.2) is 36.1 Å². The van der Waals surface area contributed by atoms with Crippen LogP contribution in [0.5, 0.6) is 11.5 Å². The Labute approximate surface area is 221 Å². The largest absolute Gasteiger partial charge is 0.497 e. The van der Waals surface area contributed by atoms with Gasteiger partial charge in [0.1, 0.15) is 17.2 Å². The van der Waals surface area contributed by atoms with Gasteiger partial charge in [0.15, 0.2) is 0 Å². The van der Waals surface area contributed by atoms with Gasteiger partial charge >= 0.3 is 11.8 Å². The van der Waals surface area contributed by atoms with Crippen molar-refractivity contribution in [1.82, 2.24) is 9.99 Å². The molecule has 3 amide bonds. The van der Waals surface area contributed by atoms with Gasteiger partial charge in [-0.3, -0.25) is 19.8 Å². The first-order valence-corrected chi connectivity index (χ1v) is 12.2. The van der Waals surface area contributed by atoms with Crippen molar-refractivity contribution in [2.45, 2.75) is 13.5 Å². The van der Waals surface area contributed by atoms with Crippen LogP contribution in [0.2, 0.25) is 0 Å². The van der Waals surface area contributed by atoms with Gasteiger partial charge in [0, 0.05) is 22.1 Å². The number of nitrogens with one attached hydrogen (secondary N) is 3. The predicted octanol–water partition coefficient (Wildman–Crippen LogP) is 4.45. The minimum atomic E-state index is -0.913. The van der Waals surface area contributed by atoms with E-state index in [0.717, 1.165) is 10.0 Å². The van der Waals surface area contributed by atoms with Gasteiger partial charge < -0.3 is 20.1 Å². The van der Waals surface area contributed by atoms with Crippen LogP contribution in [0.4, 0.5) is 5.69 Å². The highest BCUT2D eigenvalue weighted by molar-refractivity contribution is 9.10. The topological polar surface area (TPSA) is 111 Å². The van der Waals surface area contributed by atoms with E-state index in [0.29, 0.717) is 34.7 Å². The molecule has 0 atom stereocenters. The van der Waals surface area contributed by atoms with Crippen LogP contribution in [0, 0.1) is 0 Å². The van der Waals surface area contributed by atoms with E-state index in [1.54, 1.807) is 73.8 Å². The summed E-state index contributed by atoms with van der Waals surface area (Å²) in [6, 6.07) is 21.0. The van der Waals surface area contributed by atoms with Crippen molar-refractivity contribution in [3.8, 4) is 11.5 Å². The molecule has 190 valence electrons. The third kappa shape index (κ3) is 6.28. The summed E-state index contributed by atoms with van der Waals surface area (Å²) in [5.74, 6) is -0.838. The van der Waals surface area contributed by atoms with E-state index in [-0.39, 0.29) is 12.2 Å². The Morgan fingerprint density at radius 3 is 2.27 bits per heavy atom. The van der Waals surface area contributed by atoms with Crippen molar-refractivity contribution in [1.29, 1.82) is 0 Å². The number of aromatic nitrogens is 1. The van der Waals surface area contributed by atoms with E-state index < -0.39 is 17.7 Å². The van der Waals surface area contributed by atoms with Gasteiger partial charge in [-0.15, -0.1) is 0 Å². The average Bonchev–Trinajstić information content (AvgIpc) is 3.26. The second kappa shape index (κ2) is 11.6. The van der Waals surface area contributed by atoms with E-state index in [9.17, 15) is 14.4 Å². The van der Waals surface area contributed by atoms with Gasteiger partial charge in [0.25, 0.3) is 5.91 Å². The lowest BCUT2D eigenvalue weighted by Gasteiger charge is -2.13. The van der Waals surface area contributed by atoms with E-state index >= 15 is 0 Å². The summed E-state index contributed by atoms with van der Waals surface area (Å²) in [6.45, 7) is 2.58. The molecule has 4 aromatic rings. The van der Waals surface area contributed by atoms with Crippen LogP contribution in [-0.2, 0) is 16.1 Å². The Balaban J connectivity index is 1.51. The molecule has 4 rings (SSSR count). The summed E-state index contributed by atoms with van der Waals surface area (Å²) >= 11 is 3.42. The number of benzene rings is 3. The molecule has 0 aliphatic carbocycles. The molecule has 10 heteroatoms. The van der Waals surface area contributed by atoms with Gasteiger partial charge in [0.2, 0.25) is 0 Å². The lowest BCUT2D eigenvalue weighted by Crippen LogP contribution is -2.39. The number of halogens is 1. The number of rotatable bonds is 8.